The molecule has 0 aliphatic carbocycles. The molecule has 0 radical (unpaired) electrons. The molecule has 1 aromatic rings. The molecular weight excluding hydrogens is 192 g/mol. The fourth-order valence-electron chi connectivity index (χ4n) is 0.931. The van der Waals surface area contributed by atoms with Crippen molar-refractivity contribution in [1.82, 2.24) is 0 Å². The van der Waals surface area contributed by atoms with Gasteiger partial charge in [-0.3, -0.25) is 4.79 Å². The third kappa shape index (κ3) is 1.91. The molecule has 1 amide bonds. The summed E-state index contributed by atoms with van der Waals surface area (Å²) in [6, 6.07) is 3.50. The number of phenolic OH excluding ortho intramolecular Hbond substituents is 1. The summed E-state index contributed by atoms with van der Waals surface area (Å²) in [6.45, 7) is 0. The summed E-state index contributed by atoms with van der Waals surface area (Å²) < 4.78 is 0. The van der Waals surface area contributed by atoms with Gasteiger partial charge in [-0.15, -0.1) is 0 Å². The van der Waals surface area contributed by atoms with Crippen LogP contribution in [0, 0.1) is 0 Å². The molecule has 5 N–H and O–H groups in total. The molecule has 1 rings (SSSR count). The van der Waals surface area contributed by atoms with Gasteiger partial charge in [0, 0.05) is 5.56 Å². The Labute approximate surface area is 80.1 Å². The first-order valence-corrected chi connectivity index (χ1v) is 3.94. The number of phenols is 1. The SMILES string of the molecule is NC(=O)C(N)c1cccc(O)c1Cl. The maximum atomic E-state index is 10.7. The van der Waals surface area contributed by atoms with Crippen LogP contribution in [0.15, 0.2) is 18.2 Å². The molecule has 0 aromatic heterocycles. The van der Waals surface area contributed by atoms with Crippen molar-refractivity contribution < 1.29 is 9.90 Å². The van der Waals surface area contributed by atoms with Crippen LogP contribution < -0.4 is 11.5 Å². The van der Waals surface area contributed by atoms with E-state index in [2.05, 4.69) is 0 Å². The number of aromatic hydroxyl groups is 1. The van der Waals surface area contributed by atoms with Crippen molar-refractivity contribution in [2.24, 2.45) is 11.5 Å². The highest BCUT2D eigenvalue weighted by molar-refractivity contribution is 6.33. The van der Waals surface area contributed by atoms with Crippen molar-refractivity contribution in [2.75, 3.05) is 0 Å². The number of carbonyl (C=O) groups excluding carboxylic acids is 1. The molecule has 1 unspecified atom stereocenters. The van der Waals surface area contributed by atoms with Crippen LogP contribution in [0.3, 0.4) is 0 Å². The fourth-order valence-corrected chi connectivity index (χ4v) is 1.17. The lowest BCUT2D eigenvalue weighted by molar-refractivity contribution is -0.119. The Morgan fingerprint density at radius 1 is 1.54 bits per heavy atom. The van der Waals surface area contributed by atoms with Crippen molar-refractivity contribution in [3.05, 3.63) is 28.8 Å². The zero-order valence-corrected chi connectivity index (χ0v) is 7.45. The second-order valence-corrected chi connectivity index (χ2v) is 2.94. The molecule has 0 aliphatic rings. The normalized spacial score (nSPS) is 12.5. The predicted octanol–water partition coefficient (Wildman–Crippen LogP) is 0.531. The Hall–Kier alpha value is -1.26. The Morgan fingerprint density at radius 3 is 2.69 bits per heavy atom. The highest BCUT2D eigenvalue weighted by Gasteiger charge is 2.16. The maximum Gasteiger partial charge on any atom is 0.238 e. The third-order valence-corrected chi connectivity index (χ3v) is 2.06. The van der Waals surface area contributed by atoms with Crippen LogP contribution in [0.2, 0.25) is 5.02 Å². The van der Waals surface area contributed by atoms with E-state index in [4.69, 9.17) is 23.1 Å². The molecule has 5 heteroatoms. The van der Waals surface area contributed by atoms with E-state index in [1.54, 1.807) is 6.07 Å². The van der Waals surface area contributed by atoms with E-state index in [-0.39, 0.29) is 10.8 Å². The topological polar surface area (TPSA) is 89.3 Å². The van der Waals surface area contributed by atoms with Gasteiger partial charge in [0.15, 0.2) is 0 Å². The summed E-state index contributed by atoms with van der Waals surface area (Å²) in [4.78, 5) is 10.7. The van der Waals surface area contributed by atoms with Crippen molar-refractivity contribution in [3.63, 3.8) is 0 Å². The maximum absolute atomic E-state index is 10.7. The van der Waals surface area contributed by atoms with Gasteiger partial charge in [0.25, 0.3) is 0 Å². The standard InChI is InChI=1S/C8H9ClN2O2/c9-6-4(7(10)8(11)13)2-1-3-5(6)12/h1-3,7,12H,10H2,(H2,11,13). The van der Waals surface area contributed by atoms with E-state index in [0.717, 1.165) is 0 Å². The minimum atomic E-state index is -0.986. The van der Waals surface area contributed by atoms with Crippen LogP contribution in [0.25, 0.3) is 0 Å². The smallest absolute Gasteiger partial charge is 0.238 e. The van der Waals surface area contributed by atoms with E-state index in [1.165, 1.54) is 12.1 Å². The van der Waals surface area contributed by atoms with Gasteiger partial charge in [-0.05, 0) is 6.07 Å². The molecule has 0 fully saturated rings. The van der Waals surface area contributed by atoms with Gasteiger partial charge >= 0.3 is 0 Å². The number of halogens is 1. The van der Waals surface area contributed by atoms with Gasteiger partial charge in [0.2, 0.25) is 5.91 Å². The van der Waals surface area contributed by atoms with Gasteiger partial charge < -0.3 is 16.6 Å². The van der Waals surface area contributed by atoms with Crippen molar-refractivity contribution in [3.8, 4) is 5.75 Å². The quantitative estimate of drug-likeness (QED) is 0.651. The van der Waals surface area contributed by atoms with Crippen LogP contribution in [0.4, 0.5) is 0 Å². The number of amides is 1. The number of primary amides is 1. The lowest BCUT2D eigenvalue weighted by Gasteiger charge is -2.10. The highest BCUT2D eigenvalue weighted by Crippen LogP contribution is 2.29. The Balaban J connectivity index is 3.15. The van der Waals surface area contributed by atoms with E-state index < -0.39 is 11.9 Å². The second-order valence-electron chi connectivity index (χ2n) is 2.56. The number of nitrogens with two attached hydrogens (primary N) is 2. The van der Waals surface area contributed by atoms with Crippen LogP contribution in [0.1, 0.15) is 11.6 Å². The predicted molar refractivity (Wildman–Crippen MR) is 49.2 cm³/mol. The van der Waals surface area contributed by atoms with Crippen molar-refractivity contribution >= 4 is 17.5 Å². The van der Waals surface area contributed by atoms with Crippen molar-refractivity contribution in [2.45, 2.75) is 6.04 Å². The number of carbonyl (C=O) groups is 1. The van der Waals surface area contributed by atoms with Crippen LogP contribution in [-0.2, 0) is 4.79 Å². The molecule has 0 bridgehead atoms. The molecule has 0 spiro atoms. The zero-order valence-electron chi connectivity index (χ0n) is 6.70. The molecule has 13 heavy (non-hydrogen) atoms. The van der Waals surface area contributed by atoms with E-state index in [9.17, 15) is 9.90 Å². The lowest BCUT2D eigenvalue weighted by Crippen LogP contribution is -2.28. The molecule has 1 aromatic carbocycles. The summed E-state index contributed by atoms with van der Waals surface area (Å²) >= 11 is 5.69. The lowest BCUT2D eigenvalue weighted by atomic mass is 10.1. The molecule has 4 nitrogen and oxygen atoms in total. The van der Waals surface area contributed by atoms with Gasteiger partial charge in [0.1, 0.15) is 11.8 Å². The fraction of sp³-hybridized carbons (Fsp3) is 0.125. The Kier molecular flexibility index (Phi) is 2.75. The third-order valence-electron chi connectivity index (χ3n) is 1.65. The molecule has 0 saturated heterocycles. The van der Waals surface area contributed by atoms with Gasteiger partial charge in [-0.2, -0.15) is 0 Å². The van der Waals surface area contributed by atoms with Gasteiger partial charge in [-0.25, -0.2) is 0 Å². The van der Waals surface area contributed by atoms with E-state index in [0.29, 0.717) is 5.56 Å². The number of rotatable bonds is 2. The molecule has 0 aliphatic heterocycles. The highest BCUT2D eigenvalue weighted by atomic mass is 35.5. The molecule has 0 saturated carbocycles. The first-order chi connectivity index (χ1) is 6.04. The Morgan fingerprint density at radius 2 is 2.15 bits per heavy atom. The average Bonchev–Trinajstić information content (AvgIpc) is 2.08. The monoisotopic (exact) mass is 200 g/mol. The number of hydrogen-bond donors (Lipinski definition) is 3. The number of benzene rings is 1. The molecule has 70 valence electrons. The Bertz CT molecular complexity index is 341. The summed E-state index contributed by atoms with van der Waals surface area (Å²) in [5.74, 6) is -0.802. The van der Waals surface area contributed by atoms with Gasteiger partial charge in [0.05, 0.1) is 5.02 Å². The molecule has 1 atom stereocenters. The first kappa shape index (κ1) is 9.83. The summed E-state index contributed by atoms with van der Waals surface area (Å²) in [5, 5.41) is 9.25. The largest absolute Gasteiger partial charge is 0.506 e. The summed E-state index contributed by atoms with van der Waals surface area (Å²) in [7, 11) is 0. The van der Waals surface area contributed by atoms with Gasteiger partial charge in [-0.1, -0.05) is 23.7 Å². The second kappa shape index (κ2) is 3.64. The van der Waals surface area contributed by atoms with Crippen LogP contribution in [-0.4, -0.2) is 11.0 Å². The summed E-state index contributed by atoms with van der Waals surface area (Å²) in [5.41, 5.74) is 10.7. The summed E-state index contributed by atoms with van der Waals surface area (Å²) in [6.07, 6.45) is 0. The number of hydrogen-bond acceptors (Lipinski definition) is 3. The van der Waals surface area contributed by atoms with Crippen molar-refractivity contribution in [1.29, 1.82) is 0 Å². The van der Waals surface area contributed by atoms with Crippen LogP contribution in [0.5, 0.6) is 5.75 Å². The molecule has 0 heterocycles. The minimum Gasteiger partial charge on any atom is -0.506 e. The first-order valence-electron chi connectivity index (χ1n) is 3.56. The van der Waals surface area contributed by atoms with E-state index >= 15 is 0 Å². The molecular formula is C8H9ClN2O2. The van der Waals surface area contributed by atoms with Crippen LogP contribution >= 0.6 is 11.6 Å². The van der Waals surface area contributed by atoms with E-state index in [1.807, 2.05) is 0 Å². The minimum absolute atomic E-state index is 0.0637. The zero-order chi connectivity index (χ0) is 10.0. The average molecular weight is 201 g/mol.